The van der Waals surface area contributed by atoms with Crippen molar-refractivity contribution in [3.05, 3.63) is 35.5 Å². The molecular formula is C18H24ClN3. The topological polar surface area (TPSA) is 28.2 Å². The molecule has 1 saturated heterocycles. The van der Waals surface area contributed by atoms with E-state index in [0.717, 1.165) is 34.7 Å². The van der Waals surface area contributed by atoms with E-state index in [4.69, 9.17) is 11.6 Å². The van der Waals surface area contributed by atoms with Crippen LogP contribution in [0.4, 0.5) is 5.69 Å². The number of fused-ring (bicyclic) bond motifs is 1. The van der Waals surface area contributed by atoms with Gasteiger partial charge in [-0.05, 0) is 51.0 Å². The lowest BCUT2D eigenvalue weighted by molar-refractivity contribution is 0.109. The van der Waals surface area contributed by atoms with Crippen molar-refractivity contribution in [3.8, 4) is 0 Å². The van der Waals surface area contributed by atoms with E-state index in [0.29, 0.717) is 12.1 Å². The van der Waals surface area contributed by atoms with Gasteiger partial charge in [0.15, 0.2) is 0 Å². The van der Waals surface area contributed by atoms with Crippen LogP contribution in [0.5, 0.6) is 0 Å². The van der Waals surface area contributed by atoms with E-state index >= 15 is 0 Å². The Labute approximate surface area is 137 Å². The molecule has 3 nitrogen and oxygen atoms in total. The highest BCUT2D eigenvalue weighted by molar-refractivity contribution is 6.31. The van der Waals surface area contributed by atoms with Gasteiger partial charge in [-0.2, -0.15) is 0 Å². The van der Waals surface area contributed by atoms with Crippen LogP contribution in [-0.4, -0.2) is 35.1 Å². The van der Waals surface area contributed by atoms with Gasteiger partial charge in [0.05, 0.1) is 5.52 Å². The number of halogens is 1. The van der Waals surface area contributed by atoms with Crippen molar-refractivity contribution in [1.82, 2.24) is 9.88 Å². The summed E-state index contributed by atoms with van der Waals surface area (Å²) in [6.45, 7) is 6.73. The van der Waals surface area contributed by atoms with Gasteiger partial charge in [-0.15, -0.1) is 0 Å². The summed E-state index contributed by atoms with van der Waals surface area (Å²) >= 11 is 6.04. The molecule has 118 valence electrons. The zero-order chi connectivity index (χ0) is 15.5. The van der Waals surface area contributed by atoms with E-state index in [9.17, 15) is 0 Å². The van der Waals surface area contributed by atoms with Crippen molar-refractivity contribution in [2.24, 2.45) is 0 Å². The molecule has 2 atom stereocenters. The highest BCUT2D eigenvalue weighted by Crippen LogP contribution is 2.25. The number of rotatable bonds is 4. The molecule has 0 aliphatic carbocycles. The molecule has 0 radical (unpaired) electrons. The Kier molecular flexibility index (Phi) is 4.84. The van der Waals surface area contributed by atoms with Gasteiger partial charge in [-0.3, -0.25) is 9.88 Å². The summed E-state index contributed by atoms with van der Waals surface area (Å²) in [5.41, 5.74) is 2.08. The number of nitrogens with one attached hydrogen (secondary N) is 1. The number of pyridine rings is 1. The Morgan fingerprint density at radius 1 is 1.23 bits per heavy atom. The van der Waals surface area contributed by atoms with Gasteiger partial charge >= 0.3 is 0 Å². The van der Waals surface area contributed by atoms with Crippen LogP contribution in [0.3, 0.4) is 0 Å². The molecule has 0 spiro atoms. The molecule has 0 unspecified atom stereocenters. The SMILES string of the molecule is C[C@@H]1CCC[C@H](C)N1CCNc1ccnc2cc(Cl)ccc12. The second kappa shape index (κ2) is 6.84. The van der Waals surface area contributed by atoms with Crippen LogP contribution in [0, 0.1) is 0 Å². The minimum absolute atomic E-state index is 0.693. The van der Waals surface area contributed by atoms with Gasteiger partial charge in [0.2, 0.25) is 0 Å². The molecule has 1 aromatic heterocycles. The number of anilines is 1. The lowest BCUT2D eigenvalue weighted by Crippen LogP contribution is -2.45. The van der Waals surface area contributed by atoms with Crippen molar-refractivity contribution in [1.29, 1.82) is 0 Å². The largest absolute Gasteiger partial charge is 0.383 e. The fraction of sp³-hybridized carbons (Fsp3) is 0.500. The fourth-order valence-electron chi connectivity index (χ4n) is 3.51. The summed E-state index contributed by atoms with van der Waals surface area (Å²) in [6.07, 6.45) is 5.84. The molecule has 2 aromatic rings. The number of piperidine rings is 1. The first kappa shape index (κ1) is 15.6. The molecule has 0 bridgehead atoms. The van der Waals surface area contributed by atoms with Crippen molar-refractivity contribution in [2.45, 2.75) is 45.2 Å². The Morgan fingerprint density at radius 2 is 2.00 bits per heavy atom. The summed E-state index contributed by atoms with van der Waals surface area (Å²) in [4.78, 5) is 7.01. The molecular weight excluding hydrogens is 294 g/mol. The first-order valence-corrected chi connectivity index (χ1v) is 8.57. The van der Waals surface area contributed by atoms with Crippen LogP contribution in [0.1, 0.15) is 33.1 Å². The van der Waals surface area contributed by atoms with Crippen LogP contribution in [0.25, 0.3) is 10.9 Å². The summed E-state index contributed by atoms with van der Waals surface area (Å²) in [6, 6.07) is 9.30. The first-order valence-electron chi connectivity index (χ1n) is 8.19. The van der Waals surface area contributed by atoms with Crippen LogP contribution >= 0.6 is 11.6 Å². The average molecular weight is 318 g/mol. The molecule has 4 heteroatoms. The van der Waals surface area contributed by atoms with E-state index in [1.54, 1.807) is 0 Å². The summed E-state index contributed by atoms with van der Waals surface area (Å²) < 4.78 is 0. The van der Waals surface area contributed by atoms with Crippen molar-refractivity contribution in [2.75, 3.05) is 18.4 Å². The van der Waals surface area contributed by atoms with Crippen molar-refractivity contribution < 1.29 is 0 Å². The van der Waals surface area contributed by atoms with E-state index < -0.39 is 0 Å². The predicted molar refractivity (Wildman–Crippen MR) is 94.7 cm³/mol. The Hall–Kier alpha value is -1.32. The molecule has 0 amide bonds. The number of benzene rings is 1. The Morgan fingerprint density at radius 3 is 2.77 bits per heavy atom. The molecule has 1 aliphatic rings. The maximum Gasteiger partial charge on any atom is 0.0737 e. The fourth-order valence-corrected chi connectivity index (χ4v) is 3.68. The summed E-state index contributed by atoms with van der Waals surface area (Å²) in [5, 5.41) is 5.43. The third-order valence-electron chi connectivity index (χ3n) is 4.77. The molecule has 22 heavy (non-hydrogen) atoms. The number of hydrogen-bond donors (Lipinski definition) is 1. The third kappa shape index (κ3) is 3.36. The minimum atomic E-state index is 0.693. The Balaban J connectivity index is 1.66. The number of hydrogen-bond acceptors (Lipinski definition) is 3. The molecule has 0 saturated carbocycles. The summed E-state index contributed by atoms with van der Waals surface area (Å²) in [7, 11) is 0. The number of likely N-dealkylation sites (tertiary alicyclic amines) is 1. The molecule has 3 rings (SSSR count). The quantitative estimate of drug-likeness (QED) is 0.895. The van der Waals surface area contributed by atoms with Gasteiger partial charge in [-0.25, -0.2) is 0 Å². The van der Waals surface area contributed by atoms with Gasteiger partial charge in [0, 0.05) is 47.5 Å². The van der Waals surface area contributed by atoms with E-state index in [2.05, 4.69) is 29.0 Å². The van der Waals surface area contributed by atoms with E-state index in [1.807, 2.05) is 30.5 Å². The predicted octanol–water partition coefficient (Wildman–Crippen LogP) is 4.56. The number of aromatic nitrogens is 1. The molecule has 2 heterocycles. The van der Waals surface area contributed by atoms with Crippen LogP contribution in [0.2, 0.25) is 5.02 Å². The molecule has 1 aliphatic heterocycles. The normalized spacial score (nSPS) is 22.9. The minimum Gasteiger partial charge on any atom is -0.383 e. The molecule has 1 N–H and O–H groups in total. The average Bonchev–Trinajstić information content (AvgIpc) is 2.50. The van der Waals surface area contributed by atoms with Gasteiger partial charge in [0.25, 0.3) is 0 Å². The maximum atomic E-state index is 6.04. The van der Waals surface area contributed by atoms with Gasteiger partial charge < -0.3 is 5.32 Å². The standard InChI is InChI=1S/C18H24ClN3/c1-13-4-3-5-14(2)22(13)11-10-21-17-8-9-20-18-12-15(19)6-7-16(17)18/h6-9,12-14H,3-5,10-11H2,1-2H3,(H,20,21)/t13-,14+. The van der Waals surface area contributed by atoms with E-state index in [-0.39, 0.29) is 0 Å². The lowest BCUT2D eigenvalue weighted by atomic mass is 9.98. The van der Waals surface area contributed by atoms with Gasteiger partial charge in [0.1, 0.15) is 0 Å². The highest BCUT2D eigenvalue weighted by atomic mass is 35.5. The zero-order valence-corrected chi connectivity index (χ0v) is 14.1. The summed E-state index contributed by atoms with van der Waals surface area (Å²) in [5.74, 6) is 0. The zero-order valence-electron chi connectivity index (χ0n) is 13.3. The molecule has 1 fully saturated rings. The second-order valence-electron chi connectivity index (χ2n) is 6.31. The maximum absolute atomic E-state index is 6.04. The monoisotopic (exact) mass is 317 g/mol. The third-order valence-corrected chi connectivity index (χ3v) is 5.00. The second-order valence-corrected chi connectivity index (χ2v) is 6.75. The van der Waals surface area contributed by atoms with E-state index in [1.165, 1.54) is 19.3 Å². The lowest BCUT2D eigenvalue weighted by Gasteiger charge is -2.39. The highest BCUT2D eigenvalue weighted by Gasteiger charge is 2.23. The Bertz CT molecular complexity index is 633. The van der Waals surface area contributed by atoms with Crippen molar-refractivity contribution in [3.63, 3.8) is 0 Å². The molecule has 1 aromatic carbocycles. The smallest absolute Gasteiger partial charge is 0.0737 e. The first-order chi connectivity index (χ1) is 10.6. The number of nitrogens with zero attached hydrogens (tertiary/aromatic N) is 2. The van der Waals surface area contributed by atoms with Crippen LogP contribution in [-0.2, 0) is 0 Å². The van der Waals surface area contributed by atoms with Crippen molar-refractivity contribution >= 4 is 28.2 Å². The van der Waals surface area contributed by atoms with Crippen LogP contribution < -0.4 is 5.32 Å². The van der Waals surface area contributed by atoms with Gasteiger partial charge in [-0.1, -0.05) is 18.0 Å². The van der Waals surface area contributed by atoms with Crippen LogP contribution in [0.15, 0.2) is 30.5 Å².